The second-order valence-corrected chi connectivity index (χ2v) is 9.02. The van der Waals surface area contributed by atoms with Crippen molar-refractivity contribution in [3.8, 4) is 11.5 Å². The maximum atomic E-state index is 12.1. The topological polar surface area (TPSA) is 101 Å². The van der Waals surface area contributed by atoms with Crippen LogP contribution in [-0.4, -0.2) is 53.1 Å². The molecule has 0 aromatic heterocycles. The van der Waals surface area contributed by atoms with Gasteiger partial charge in [-0.05, 0) is 49.8 Å². The molecule has 1 aliphatic carbocycles. The predicted molar refractivity (Wildman–Crippen MR) is 109 cm³/mol. The molecule has 2 aliphatic rings. The summed E-state index contributed by atoms with van der Waals surface area (Å²) < 4.78 is 37.5. The fourth-order valence-corrected chi connectivity index (χ4v) is 4.02. The van der Waals surface area contributed by atoms with E-state index in [0.29, 0.717) is 31.5 Å². The minimum Gasteiger partial charge on any atom is -0.454 e. The van der Waals surface area contributed by atoms with Crippen LogP contribution in [0.5, 0.6) is 11.5 Å². The predicted octanol–water partition coefficient (Wildman–Crippen LogP) is 1.23. The van der Waals surface area contributed by atoms with E-state index in [2.05, 4.69) is 20.3 Å². The number of benzene rings is 1. The van der Waals surface area contributed by atoms with Crippen molar-refractivity contribution < 1.29 is 17.9 Å². The van der Waals surface area contributed by atoms with Gasteiger partial charge in [-0.3, -0.25) is 4.99 Å². The van der Waals surface area contributed by atoms with Crippen molar-refractivity contribution in [2.75, 3.05) is 38.7 Å². The van der Waals surface area contributed by atoms with Crippen LogP contribution in [-0.2, 0) is 16.4 Å². The molecule has 0 atom stereocenters. The van der Waals surface area contributed by atoms with Gasteiger partial charge >= 0.3 is 0 Å². The maximum Gasteiger partial charge on any atom is 0.231 e. The molecule has 1 aromatic carbocycles. The molecule has 0 amide bonds. The highest BCUT2D eigenvalue weighted by Gasteiger charge is 2.20. The van der Waals surface area contributed by atoms with Crippen LogP contribution in [0, 0.1) is 5.92 Å². The molecule has 1 aliphatic heterocycles. The van der Waals surface area contributed by atoms with Crippen LogP contribution in [0.2, 0.25) is 0 Å². The van der Waals surface area contributed by atoms with Crippen LogP contribution in [0.1, 0.15) is 31.7 Å². The number of nitrogens with zero attached hydrogens (tertiary/aromatic N) is 1. The summed E-state index contributed by atoms with van der Waals surface area (Å²) in [5, 5.41) is 6.39. The fourth-order valence-electron chi connectivity index (χ4n) is 3.05. The summed E-state index contributed by atoms with van der Waals surface area (Å²) in [5.41, 5.74) is 1.13. The smallest absolute Gasteiger partial charge is 0.231 e. The van der Waals surface area contributed by atoms with E-state index in [4.69, 9.17) is 9.47 Å². The number of rotatable bonds is 10. The quantitative estimate of drug-likeness (QED) is 0.396. The van der Waals surface area contributed by atoms with Crippen molar-refractivity contribution in [2.45, 2.75) is 32.6 Å². The molecule has 1 aromatic rings. The molecule has 0 saturated heterocycles. The highest BCUT2D eigenvalue weighted by molar-refractivity contribution is 7.89. The van der Waals surface area contributed by atoms with Crippen LogP contribution in [0.4, 0.5) is 0 Å². The normalized spacial score (nSPS) is 16.7. The van der Waals surface area contributed by atoms with E-state index >= 15 is 0 Å². The van der Waals surface area contributed by atoms with Crippen molar-refractivity contribution in [3.63, 3.8) is 0 Å². The Kier molecular flexibility index (Phi) is 7.38. The van der Waals surface area contributed by atoms with E-state index in [0.717, 1.165) is 36.3 Å². The summed E-state index contributed by atoms with van der Waals surface area (Å²) in [4.78, 5) is 4.38. The van der Waals surface area contributed by atoms with Gasteiger partial charge in [-0.1, -0.05) is 12.5 Å². The lowest BCUT2D eigenvalue weighted by Crippen LogP contribution is -2.39. The lowest BCUT2D eigenvalue weighted by molar-refractivity contribution is 0.174. The van der Waals surface area contributed by atoms with Gasteiger partial charge in [0.1, 0.15) is 0 Å². The van der Waals surface area contributed by atoms with Gasteiger partial charge in [0, 0.05) is 19.6 Å². The van der Waals surface area contributed by atoms with Crippen molar-refractivity contribution in [2.24, 2.45) is 10.9 Å². The second-order valence-electron chi connectivity index (χ2n) is 7.09. The molecule has 3 rings (SSSR count). The van der Waals surface area contributed by atoms with Crippen LogP contribution in [0.15, 0.2) is 23.2 Å². The molecule has 28 heavy (non-hydrogen) atoms. The van der Waals surface area contributed by atoms with Gasteiger partial charge in [0.25, 0.3) is 0 Å². The van der Waals surface area contributed by atoms with Gasteiger partial charge in [-0.25, -0.2) is 13.1 Å². The minimum absolute atomic E-state index is 0.00153. The number of hydrogen-bond donors (Lipinski definition) is 3. The highest BCUT2D eigenvalue weighted by Crippen LogP contribution is 2.32. The Balaban J connectivity index is 1.41. The standard InChI is InChI=1S/C19H30N4O4S/c1-2-20-19(22-10-11-28(24,25)23-13-16-4-3-5-16)21-9-8-15-6-7-17-18(12-15)27-14-26-17/h6-7,12,16,23H,2-5,8-11,13-14H2,1H3,(H2,20,21,22). The Bertz CT molecular complexity index is 778. The minimum atomic E-state index is -3.27. The number of ether oxygens (including phenoxy) is 2. The van der Waals surface area contributed by atoms with Gasteiger partial charge in [0.2, 0.25) is 16.8 Å². The summed E-state index contributed by atoms with van der Waals surface area (Å²) in [6.07, 6.45) is 4.25. The van der Waals surface area contributed by atoms with Gasteiger partial charge in [-0.2, -0.15) is 0 Å². The number of nitrogens with one attached hydrogen (secondary N) is 3. The van der Waals surface area contributed by atoms with Crippen molar-refractivity contribution >= 4 is 16.0 Å². The summed E-state index contributed by atoms with van der Waals surface area (Å²) in [6, 6.07) is 5.91. The number of guanidine groups is 1. The van der Waals surface area contributed by atoms with E-state index in [9.17, 15) is 8.42 Å². The number of sulfonamides is 1. The zero-order valence-corrected chi connectivity index (χ0v) is 17.2. The fraction of sp³-hybridized carbons (Fsp3) is 0.632. The lowest BCUT2D eigenvalue weighted by Gasteiger charge is -2.25. The first-order valence-electron chi connectivity index (χ1n) is 9.94. The molecule has 1 saturated carbocycles. The number of hydrogen-bond acceptors (Lipinski definition) is 5. The molecule has 0 spiro atoms. The molecule has 3 N–H and O–H groups in total. The van der Waals surface area contributed by atoms with Crippen LogP contribution >= 0.6 is 0 Å². The summed E-state index contributed by atoms with van der Waals surface area (Å²) in [5.74, 6) is 2.68. The maximum absolute atomic E-state index is 12.1. The average Bonchev–Trinajstić information content (AvgIpc) is 3.08. The highest BCUT2D eigenvalue weighted by atomic mass is 32.2. The van der Waals surface area contributed by atoms with E-state index in [1.54, 1.807) is 0 Å². The first kappa shape index (κ1) is 20.7. The molecule has 8 nitrogen and oxygen atoms in total. The Morgan fingerprint density at radius 2 is 2.04 bits per heavy atom. The SMILES string of the molecule is CCNC(=NCCS(=O)(=O)NCC1CCC1)NCCc1ccc2c(c1)OCO2. The largest absolute Gasteiger partial charge is 0.454 e. The zero-order chi connectivity index (χ0) is 19.8. The van der Waals surface area contributed by atoms with Crippen molar-refractivity contribution in [3.05, 3.63) is 23.8 Å². The third kappa shape index (κ3) is 6.27. The van der Waals surface area contributed by atoms with Crippen LogP contribution < -0.4 is 24.8 Å². The van der Waals surface area contributed by atoms with Crippen LogP contribution in [0.3, 0.4) is 0 Å². The summed E-state index contributed by atoms with van der Waals surface area (Å²) in [6.45, 7) is 4.42. The van der Waals surface area contributed by atoms with E-state index in [1.165, 1.54) is 6.42 Å². The second kappa shape index (κ2) is 9.97. The van der Waals surface area contributed by atoms with Gasteiger partial charge in [-0.15, -0.1) is 0 Å². The molecule has 1 fully saturated rings. The van der Waals surface area contributed by atoms with E-state index in [-0.39, 0.29) is 19.1 Å². The number of fused-ring (bicyclic) bond motifs is 1. The van der Waals surface area contributed by atoms with E-state index in [1.807, 2.05) is 25.1 Å². The molecule has 0 bridgehead atoms. The Labute approximate surface area is 167 Å². The molecule has 156 valence electrons. The average molecular weight is 411 g/mol. The van der Waals surface area contributed by atoms with Crippen LogP contribution in [0.25, 0.3) is 0 Å². The first-order chi connectivity index (χ1) is 13.6. The molecule has 0 radical (unpaired) electrons. The molecule has 9 heteroatoms. The first-order valence-corrected chi connectivity index (χ1v) is 11.6. The van der Waals surface area contributed by atoms with Crippen molar-refractivity contribution in [1.82, 2.24) is 15.4 Å². The van der Waals surface area contributed by atoms with Crippen molar-refractivity contribution in [1.29, 1.82) is 0 Å². The third-order valence-corrected chi connectivity index (χ3v) is 6.26. The van der Waals surface area contributed by atoms with Gasteiger partial charge in [0.05, 0.1) is 12.3 Å². The monoisotopic (exact) mass is 410 g/mol. The van der Waals surface area contributed by atoms with E-state index < -0.39 is 10.0 Å². The molecular weight excluding hydrogens is 380 g/mol. The van der Waals surface area contributed by atoms with Gasteiger partial charge < -0.3 is 20.1 Å². The summed E-state index contributed by atoms with van der Waals surface area (Å²) in [7, 11) is -3.27. The Hall–Kier alpha value is -2.00. The third-order valence-electron chi connectivity index (χ3n) is 4.93. The molecular formula is C19H30N4O4S. The Morgan fingerprint density at radius 1 is 1.21 bits per heavy atom. The Morgan fingerprint density at radius 3 is 2.79 bits per heavy atom. The van der Waals surface area contributed by atoms with Gasteiger partial charge in [0.15, 0.2) is 17.5 Å². The lowest BCUT2D eigenvalue weighted by atomic mass is 9.86. The summed E-state index contributed by atoms with van der Waals surface area (Å²) >= 11 is 0. The molecule has 1 heterocycles. The zero-order valence-electron chi connectivity index (χ0n) is 16.4. The molecule has 0 unspecified atom stereocenters. The number of aliphatic imine (C=N–C) groups is 1.